The average molecular weight is 648 g/mol. The third-order valence-corrected chi connectivity index (χ3v) is 9.35. The molecule has 0 radical (unpaired) electrons. The van der Waals surface area contributed by atoms with Gasteiger partial charge in [-0.1, -0.05) is 0 Å². The van der Waals surface area contributed by atoms with Gasteiger partial charge in [-0.2, -0.15) is 5.10 Å². The summed E-state index contributed by atoms with van der Waals surface area (Å²) >= 11 is 0. The van der Waals surface area contributed by atoms with Crippen molar-refractivity contribution in [2.45, 2.75) is 31.8 Å². The number of anilines is 2. The van der Waals surface area contributed by atoms with E-state index in [1.54, 1.807) is 18.2 Å². The largest absolute Gasteiger partial charge is 0.368 e. The van der Waals surface area contributed by atoms with E-state index in [1.807, 2.05) is 53.4 Å². The number of halogens is 1. The highest BCUT2D eigenvalue weighted by atomic mass is 19.1. The molecule has 2 aliphatic heterocycles. The molecule has 3 aromatic carbocycles. The number of carbonyl (C=O) groups excluding carboxylic acids is 2. The summed E-state index contributed by atoms with van der Waals surface area (Å²) in [7, 11) is 0. The first kappa shape index (κ1) is 31.4. The number of hydrogen-bond acceptors (Lipinski definition) is 8. The lowest BCUT2D eigenvalue weighted by atomic mass is 9.98. The number of likely N-dealkylation sites (tertiary alicyclic amines) is 1. The van der Waals surface area contributed by atoms with Crippen molar-refractivity contribution in [1.82, 2.24) is 30.0 Å². The number of nitrogens with two attached hydrogens (primary N) is 1. The lowest BCUT2D eigenvalue weighted by Crippen LogP contribution is -2.57. The van der Waals surface area contributed by atoms with Crippen LogP contribution in [0.5, 0.6) is 0 Å². The molecule has 48 heavy (non-hydrogen) atoms. The number of piperazine rings is 1. The zero-order valence-corrected chi connectivity index (χ0v) is 27.0. The number of aromatic nitrogens is 4. The van der Waals surface area contributed by atoms with Crippen LogP contribution in [-0.2, 0) is 9.59 Å². The molecule has 2 aliphatic rings. The predicted molar refractivity (Wildman–Crippen MR) is 184 cm³/mol. The first-order valence-corrected chi connectivity index (χ1v) is 16.2. The van der Waals surface area contributed by atoms with Gasteiger partial charge in [0.15, 0.2) is 5.82 Å². The molecule has 2 fully saturated rings. The number of nitrogens with zero attached hydrogens (tertiary/aromatic N) is 6. The van der Waals surface area contributed by atoms with Crippen molar-refractivity contribution >= 4 is 34.1 Å². The maximum atomic E-state index is 13.5. The molecule has 246 valence electrons. The van der Waals surface area contributed by atoms with Crippen LogP contribution < -0.4 is 16.0 Å². The van der Waals surface area contributed by atoms with Crippen LogP contribution in [0.1, 0.15) is 18.9 Å². The van der Waals surface area contributed by atoms with Crippen LogP contribution in [0.15, 0.2) is 79.1 Å². The van der Waals surface area contributed by atoms with E-state index in [1.165, 1.54) is 12.1 Å². The Hall–Kier alpha value is -5.20. The third-order valence-electron chi connectivity index (χ3n) is 9.35. The molecule has 12 heteroatoms. The molecule has 2 aromatic heterocycles. The number of benzene rings is 3. The van der Waals surface area contributed by atoms with Crippen LogP contribution >= 0.6 is 0 Å². The lowest BCUT2D eigenvalue weighted by Gasteiger charge is -2.41. The SMILES string of the molecule is Cc1cnc(-c2ccc(N3CCN(C(=O)CN4CC[C@@](N)(C(=O)Nc5ccc6[nH]nc(-c7ccc(F)cc7)c6c5)C4)[C@H](C)C3)cc2)nc1. The Morgan fingerprint density at radius 1 is 1.00 bits per heavy atom. The average Bonchev–Trinajstić information content (AvgIpc) is 3.69. The van der Waals surface area contributed by atoms with Crippen molar-refractivity contribution in [3.63, 3.8) is 0 Å². The zero-order chi connectivity index (χ0) is 33.4. The van der Waals surface area contributed by atoms with E-state index in [-0.39, 0.29) is 36.8 Å². The summed E-state index contributed by atoms with van der Waals surface area (Å²) < 4.78 is 13.5. The quantitative estimate of drug-likeness (QED) is 0.239. The van der Waals surface area contributed by atoms with Gasteiger partial charge in [-0.05, 0) is 92.6 Å². The number of aryl methyl sites for hydroxylation is 1. The molecule has 5 aromatic rings. The number of H-pyrrole nitrogens is 1. The molecule has 0 aliphatic carbocycles. The molecule has 0 spiro atoms. The Morgan fingerprint density at radius 3 is 2.46 bits per heavy atom. The van der Waals surface area contributed by atoms with Crippen molar-refractivity contribution in [2.75, 3.05) is 49.5 Å². The van der Waals surface area contributed by atoms with E-state index in [2.05, 4.69) is 49.4 Å². The monoisotopic (exact) mass is 647 g/mol. The van der Waals surface area contributed by atoms with E-state index in [0.717, 1.165) is 46.4 Å². The Labute approximate surface area is 278 Å². The lowest BCUT2D eigenvalue weighted by molar-refractivity contribution is -0.134. The third kappa shape index (κ3) is 6.36. The summed E-state index contributed by atoms with van der Waals surface area (Å²) in [5.41, 5.74) is 11.4. The first-order chi connectivity index (χ1) is 23.1. The molecule has 2 atom stereocenters. The predicted octanol–water partition coefficient (Wildman–Crippen LogP) is 4.21. The molecule has 4 heterocycles. The van der Waals surface area contributed by atoms with E-state index >= 15 is 0 Å². The van der Waals surface area contributed by atoms with Crippen molar-refractivity contribution in [3.8, 4) is 22.6 Å². The fraction of sp³-hybridized carbons (Fsp3) is 0.306. The minimum absolute atomic E-state index is 0.0255. The Bertz CT molecular complexity index is 1950. The van der Waals surface area contributed by atoms with Gasteiger partial charge in [0.25, 0.3) is 0 Å². The molecule has 7 rings (SSSR count). The zero-order valence-electron chi connectivity index (χ0n) is 27.0. The number of amides is 2. The highest BCUT2D eigenvalue weighted by Gasteiger charge is 2.42. The van der Waals surface area contributed by atoms with Gasteiger partial charge in [0.2, 0.25) is 11.8 Å². The van der Waals surface area contributed by atoms with Crippen molar-refractivity contribution in [3.05, 3.63) is 90.5 Å². The number of carbonyl (C=O) groups is 2. The second-order valence-corrected chi connectivity index (χ2v) is 12.9. The Balaban J connectivity index is 0.935. The molecular weight excluding hydrogens is 609 g/mol. The number of nitrogens with one attached hydrogen (secondary N) is 2. The summed E-state index contributed by atoms with van der Waals surface area (Å²) in [5, 5.41) is 11.1. The minimum atomic E-state index is -1.13. The number of hydrogen-bond donors (Lipinski definition) is 3. The molecular formula is C36H38FN9O2. The van der Waals surface area contributed by atoms with Gasteiger partial charge in [-0.25, -0.2) is 14.4 Å². The number of rotatable bonds is 7. The van der Waals surface area contributed by atoms with Crippen molar-refractivity contribution < 1.29 is 14.0 Å². The van der Waals surface area contributed by atoms with Crippen molar-refractivity contribution in [1.29, 1.82) is 0 Å². The highest BCUT2D eigenvalue weighted by molar-refractivity contribution is 6.02. The fourth-order valence-corrected chi connectivity index (χ4v) is 6.62. The Morgan fingerprint density at radius 2 is 1.73 bits per heavy atom. The maximum Gasteiger partial charge on any atom is 0.245 e. The van der Waals surface area contributed by atoms with Crippen LogP contribution in [0.4, 0.5) is 15.8 Å². The van der Waals surface area contributed by atoms with Gasteiger partial charge in [-0.3, -0.25) is 19.6 Å². The van der Waals surface area contributed by atoms with E-state index in [0.29, 0.717) is 36.7 Å². The number of fused-ring (bicyclic) bond motifs is 1. The smallest absolute Gasteiger partial charge is 0.245 e. The van der Waals surface area contributed by atoms with E-state index in [4.69, 9.17) is 5.73 Å². The fourth-order valence-electron chi connectivity index (χ4n) is 6.62. The van der Waals surface area contributed by atoms with Gasteiger partial charge in [0.1, 0.15) is 11.4 Å². The first-order valence-electron chi connectivity index (χ1n) is 16.2. The van der Waals surface area contributed by atoms with E-state index < -0.39 is 5.54 Å². The van der Waals surface area contributed by atoms with Gasteiger partial charge in [0.05, 0.1) is 17.8 Å². The topological polar surface area (TPSA) is 136 Å². The molecule has 4 N–H and O–H groups in total. The van der Waals surface area contributed by atoms with Gasteiger partial charge in [-0.15, -0.1) is 0 Å². The summed E-state index contributed by atoms with van der Waals surface area (Å²) in [5.74, 6) is 0.115. The normalized spacial score (nSPS) is 20.0. The standard InChI is InChI=1S/C36H38FN9O2/c1-23-18-39-34(40-19-23)26-5-10-29(11-6-26)45-15-16-46(24(2)20-45)32(47)21-44-14-13-36(38,22-44)35(48)41-28-9-12-31-30(17-28)33(43-42-31)25-3-7-27(37)8-4-25/h3-12,17-19,24H,13-16,20-22,38H2,1-2H3,(H,41,48)(H,42,43)/t24-,36+/m1/s1. The second kappa shape index (κ2) is 12.8. The van der Waals surface area contributed by atoms with Crippen LogP contribution in [0.2, 0.25) is 0 Å². The molecule has 0 unspecified atom stereocenters. The van der Waals surface area contributed by atoms with Gasteiger partial charge in [0, 0.05) is 79.0 Å². The highest BCUT2D eigenvalue weighted by Crippen LogP contribution is 2.30. The van der Waals surface area contributed by atoms with E-state index in [9.17, 15) is 14.0 Å². The molecule has 0 bridgehead atoms. The second-order valence-electron chi connectivity index (χ2n) is 12.9. The summed E-state index contributed by atoms with van der Waals surface area (Å²) in [6.45, 7) is 7.14. The summed E-state index contributed by atoms with van der Waals surface area (Å²) in [6, 6.07) is 19.8. The molecule has 2 saturated heterocycles. The van der Waals surface area contributed by atoms with Crippen molar-refractivity contribution in [2.24, 2.45) is 5.73 Å². The summed E-state index contributed by atoms with van der Waals surface area (Å²) in [6.07, 6.45) is 4.07. The Kier molecular flexibility index (Phi) is 8.36. The molecule has 11 nitrogen and oxygen atoms in total. The summed E-state index contributed by atoms with van der Waals surface area (Å²) in [4.78, 5) is 41.9. The van der Waals surface area contributed by atoms with Crippen LogP contribution in [0.3, 0.4) is 0 Å². The molecule has 2 amide bonds. The van der Waals surface area contributed by atoms with Crippen LogP contribution in [0, 0.1) is 12.7 Å². The number of aromatic amines is 1. The van der Waals surface area contributed by atoms with Gasteiger partial charge >= 0.3 is 0 Å². The maximum absolute atomic E-state index is 13.5. The minimum Gasteiger partial charge on any atom is -0.368 e. The van der Waals surface area contributed by atoms with Crippen LogP contribution in [0.25, 0.3) is 33.5 Å². The van der Waals surface area contributed by atoms with Gasteiger partial charge < -0.3 is 20.9 Å². The molecule has 0 saturated carbocycles. The van der Waals surface area contributed by atoms with Crippen LogP contribution in [-0.4, -0.2) is 92.6 Å².